The summed E-state index contributed by atoms with van der Waals surface area (Å²) in [7, 11) is -3.54. The van der Waals surface area contributed by atoms with E-state index in [1.807, 2.05) is 29.5 Å². The van der Waals surface area contributed by atoms with Crippen LogP contribution in [0.15, 0.2) is 41.4 Å². The van der Waals surface area contributed by atoms with Crippen molar-refractivity contribution in [2.45, 2.75) is 11.8 Å². The predicted octanol–water partition coefficient (Wildman–Crippen LogP) is 3.29. The van der Waals surface area contributed by atoms with Crippen molar-refractivity contribution in [3.63, 3.8) is 0 Å². The van der Waals surface area contributed by atoms with E-state index in [0.29, 0.717) is 8.72 Å². The smallest absolute Gasteiger partial charge is 0.234 e. The van der Waals surface area contributed by atoms with Crippen molar-refractivity contribution in [3.8, 4) is 0 Å². The molecule has 0 N–H and O–H groups in total. The van der Waals surface area contributed by atoms with Crippen LogP contribution in [-0.4, -0.2) is 12.4 Å². The van der Waals surface area contributed by atoms with Gasteiger partial charge < -0.3 is 0 Å². The molecule has 0 aliphatic rings. The Bertz CT molecular complexity index is 647. The topological polar surface area (TPSA) is 39.1 Å². The molecule has 0 fully saturated rings. The first kappa shape index (κ1) is 12.9. The highest BCUT2D eigenvalue weighted by atomic mass is 127. The van der Waals surface area contributed by atoms with Gasteiger partial charge in [0.15, 0.2) is 0 Å². The zero-order valence-corrected chi connectivity index (χ0v) is 12.6. The maximum atomic E-state index is 12.3. The lowest BCUT2D eigenvalue weighted by Crippen LogP contribution is -2.13. The van der Waals surface area contributed by atoms with Gasteiger partial charge >= 0.3 is 0 Å². The third kappa shape index (κ3) is 2.51. The Balaban J connectivity index is 2.57. The van der Waals surface area contributed by atoms with E-state index in [-0.39, 0.29) is 4.90 Å². The molecule has 0 radical (unpaired) electrons. The predicted molar refractivity (Wildman–Crippen MR) is 75.9 cm³/mol. The Labute approximate surface area is 119 Å². The minimum absolute atomic E-state index is 0.258. The van der Waals surface area contributed by atoms with Gasteiger partial charge in [-0.3, -0.25) is 0 Å². The highest BCUT2D eigenvalue weighted by Crippen LogP contribution is 2.22. The molecule has 0 saturated heterocycles. The number of hydrogen-bond donors (Lipinski definition) is 0. The van der Waals surface area contributed by atoms with Crippen LogP contribution in [0, 0.1) is 10.6 Å². The Morgan fingerprint density at radius 1 is 1.24 bits per heavy atom. The number of nitrogens with zero attached hydrogens (tertiary/aromatic N) is 1. The normalized spacial score (nSPS) is 11.7. The summed E-state index contributed by atoms with van der Waals surface area (Å²) in [6.07, 6.45) is 1.40. The summed E-state index contributed by atoms with van der Waals surface area (Å²) in [5, 5.41) is 0.407. The van der Waals surface area contributed by atoms with Crippen LogP contribution >= 0.6 is 34.2 Å². The molecule has 1 aromatic heterocycles. The first-order chi connectivity index (χ1) is 7.91. The van der Waals surface area contributed by atoms with Crippen molar-refractivity contribution in [2.75, 3.05) is 0 Å². The molecule has 1 aromatic carbocycles. The Kier molecular flexibility index (Phi) is 3.51. The second kappa shape index (κ2) is 4.62. The minimum Gasteiger partial charge on any atom is -0.234 e. The number of aromatic nitrogens is 1. The number of rotatable bonds is 2. The molecular weight excluding hydrogens is 373 g/mol. The van der Waals surface area contributed by atoms with Crippen LogP contribution in [0.5, 0.6) is 0 Å². The van der Waals surface area contributed by atoms with E-state index in [4.69, 9.17) is 11.6 Å². The summed E-state index contributed by atoms with van der Waals surface area (Å²) < 4.78 is 26.3. The molecule has 90 valence electrons. The maximum absolute atomic E-state index is 12.3. The van der Waals surface area contributed by atoms with Crippen LogP contribution in [0.2, 0.25) is 5.02 Å². The van der Waals surface area contributed by atoms with Crippen LogP contribution < -0.4 is 0 Å². The molecule has 1 heterocycles. The lowest BCUT2D eigenvalue weighted by atomic mass is 10.2. The molecule has 0 spiro atoms. The van der Waals surface area contributed by atoms with Gasteiger partial charge in [-0.15, -0.1) is 0 Å². The van der Waals surface area contributed by atoms with Gasteiger partial charge in [-0.1, -0.05) is 29.3 Å². The second-order valence-corrected chi connectivity index (χ2v) is 6.95. The monoisotopic (exact) mass is 381 g/mol. The largest absolute Gasteiger partial charge is 0.268 e. The second-order valence-electron chi connectivity index (χ2n) is 3.59. The molecule has 0 atom stereocenters. The average molecular weight is 382 g/mol. The van der Waals surface area contributed by atoms with E-state index in [9.17, 15) is 8.42 Å². The van der Waals surface area contributed by atoms with Crippen LogP contribution in [0.4, 0.5) is 0 Å². The summed E-state index contributed by atoms with van der Waals surface area (Å²) in [5.41, 5.74) is 1.02. The fourth-order valence-electron chi connectivity index (χ4n) is 1.40. The lowest BCUT2D eigenvalue weighted by Gasteiger charge is -2.07. The molecular formula is C11H9ClINO2S. The number of benzene rings is 1. The van der Waals surface area contributed by atoms with Crippen molar-refractivity contribution >= 4 is 44.2 Å². The minimum atomic E-state index is -3.54. The number of aryl methyl sites for hydroxylation is 1. The van der Waals surface area contributed by atoms with Gasteiger partial charge in [0.2, 0.25) is 0 Å². The summed E-state index contributed by atoms with van der Waals surface area (Å²) in [6, 6.07) is 8.33. The fourth-order valence-corrected chi connectivity index (χ4v) is 4.33. The highest BCUT2D eigenvalue weighted by molar-refractivity contribution is 14.1. The molecule has 2 rings (SSSR count). The van der Waals surface area contributed by atoms with E-state index in [2.05, 4.69) is 0 Å². The van der Waals surface area contributed by atoms with Crippen LogP contribution in [-0.2, 0) is 10.0 Å². The van der Waals surface area contributed by atoms with E-state index in [0.717, 1.165) is 5.56 Å². The van der Waals surface area contributed by atoms with Gasteiger partial charge in [-0.05, 0) is 47.7 Å². The van der Waals surface area contributed by atoms with E-state index >= 15 is 0 Å². The maximum Gasteiger partial charge on any atom is 0.268 e. The molecule has 17 heavy (non-hydrogen) atoms. The quantitative estimate of drug-likeness (QED) is 0.749. The molecule has 0 saturated carbocycles. The van der Waals surface area contributed by atoms with Crippen LogP contribution in [0.3, 0.4) is 0 Å². The highest BCUT2D eigenvalue weighted by Gasteiger charge is 2.19. The SMILES string of the molecule is Cc1ccc(S(=O)(=O)n2cc(Cl)cc2I)cc1. The summed E-state index contributed by atoms with van der Waals surface area (Å²) >= 11 is 7.73. The molecule has 0 aliphatic heterocycles. The molecule has 0 amide bonds. The third-order valence-electron chi connectivity index (χ3n) is 2.29. The first-order valence-corrected chi connectivity index (χ1v) is 7.66. The van der Waals surface area contributed by atoms with Crippen LogP contribution in [0.25, 0.3) is 0 Å². The van der Waals surface area contributed by atoms with Gasteiger partial charge in [-0.25, -0.2) is 12.4 Å². The summed E-state index contributed by atoms with van der Waals surface area (Å²) in [4.78, 5) is 0.258. The molecule has 2 aromatic rings. The van der Waals surface area contributed by atoms with Crippen molar-refractivity contribution in [2.24, 2.45) is 0 Å². The zero-order valence-electron chi connectivity index (χ0n) is 8.89. The van der Waals surface area contributed by atoms with Gasteiger partial charge in [0.1, 0.15) is 0 Å². The van der Waals surface area contributed by atoms with E-state index < -0.39 is 10.0 Å². The van der Waals surface area contributed by atoms with Gasteiger partial charge in [0.05, 0.1) is 13.6 Å². The molecule has 0 aliphatic carbocycles. The van der Waals surface area contributed by atoms with E-state index in [1.165, 1.54) is 10.2 Å². The first-order valence-electron chi connectivity index (χ1n) is 4.77. The standard InChI is InChI=1S/C11H9ClINO2S/c1-8-2-4-10(5-3-8)17(15,16)14-7-9(12)6-11(14)13/h2-7H,1H3. The van der Waals surface area contributed by atoms with Gasteiger partial charge in [0.25, 0.3) is 10.0 Å². The molecule has 3 nitrogen and oxygen atoms in total. The number of hydrogen-bond acceptors (Lipinski definition) is 2. The third-order valence-corrected chi connectivity index (χ3v) is 5.34. The average Bonchev–Trinajstić information content (AvgIpc) is 2.59. The molecule has 6 heteroatoms. The summed E-state index contributed by atoms with van der Waals surface area (Å²) in [5.74, 6) is 0. The number of halogens is 2. The van der Waals surface area contributed by atoms with Gasteiger partial charge in [-0.2, -0.15) is 0 Å². The van der Waals surface area contributed by atoms with Crippen LogP contribution in [0.1, 0.15) is 5.56 Å². The molecule has 0 unspecified atom stereocenters. The van der Waals surface area contributed by atoms with Crippen molar-refractivity contribution in [1.82, 2.24) is 3.97 Å². The van der Waals surface area contributed by atoms with Crippen molar-refractivity contribution in [1.29, 1.82) is 0 Å². The van der Waals surface area contributed by atoms with Crippen molar-refractivity contribution < 1.29 is 8.42 Å². The Hall–Kier alpha value is -0.530. The van der Waals surface area contributed by atoms with Crippen molar-refractivity contribution in [3.05, 3.63) is 50.8 Å². The zero-order chi connectivity index (χ0) is 12.6. The summed E-state index contributed by atoms with van der Waals surface area (Å²) in [6.45, 7) is 1.91. The Morgan fingerprint density at radius 2 is 1.82 bits per heavy atom. The van der Waals surface area contributed by atoms with Gasteiger partial charge in [0, 0.05) is 6.20 Å². The molecule has 0 bridgehead atoms. The fraction of sp³-hybridized carbons (Fsp3) is 0.0909. The lowest BCUT2D eigenvalue weighted by molar-refractivity contribution is 0.586. The van der Waals surface area contributed by atoms with E-state index in [1.54, 1.807) is 30.3 Å². The Morgan fingerprint density at radius 3 is 2.29 bits per heavy atom.